The van der Waals surface area contributed by atoms with E-state index in [0.29, 0.717) is 37.0 Å². The first-order valence-corrected chi connectivity index (χ1v) is 9.14. The van der Waals surface area contributed by atoms with Crippen molar-refractivity contribution >= 4 is 5.91 Å². The lowest BCUT2D eigenvalue weighted by molar-refractivity contribution is -0.132. The van der Waals surface area contributed by atoms with Gasteiger partial charge in [0.15, 0.2) is 0 Å². The van der Waals surface area contributed by atoms with Crippen LogP contribution in [-0.2, 0) is 11.2 Å². The summed E-state index contributed by atoms with van der Waals surface area (Å²) in [7, 11) is 0. The van der Waals surface area contributed by atoms with E-state index < -0.39 is 0 Å². The SMILES string of the molecule is O=C(CCCc1nc(-c2cccnc2)no1)N1CCC(n2cnnc2)CC1. The van der Waals surface area contributed by atoms with Gasteiger partial charge < -0.3 is 14.0 Å². The fraction of sp³-hybridized carbons (Fsp3) is 0.444. The van der Waals surface area contributed by atoms with Gasteiger partial charge in [0.25, 0.3) is 0 Å². The van der Waals surface area contributed by atoms with E-state index in [0.717, 1.165) is 31.5 Å². The largest absolute Gasteiger partial charge is 0.343 e. The van der Waals surface area contributed by atoms with Crippen LogP contribution in [0.15, 0.2) is 41.7 Å². The van der Waals surface area contributed by atoms with Crippen LogP contribution in [0.5, 0.6) is 0 Å². The summed E-state index contributed by atoms with van der Waals surface area (Å²) in [6, 6.07) is 4.10. The van der Waals surface area contributed by atoms with Gasteiger partial charge in [0.05, 0.1) is 0 Å². The number of carbonyl (C=O) groups is 1. The molecule has 3 aromatic heterocycles. The third kappa shape index (κ3) is 4.18. The van der Waals surface area contributed by atoms with E-state index in [1.807, 2.05) is 21.6 Å². The fourth-order valence-electron chi connectivity index (χ4n) is 3.33. The molecule has 1 saturated heterocycles. The van der Waals surface area contributed by atoms with Gasteiger partial charge in [-0.3, -0.25) is 9.78 Å². The first-order chi connectivity index (χ1) is 13.3. The minimum atomic E-state index is 0.184. The normalized spacial score (nSPS) is 15.2. The van der Waals surface area contributed by atoms with Gasteiger partial charge in [-0.15, -0.1) is 10.2 Å². The number of hydrogen-bond donors (Lipinski definition) is 0. The molecule has 0 aliphatic carbocycles. The van der Waals surface area contributed by atoms with Crippen LogP contribution >= 0.6 is 0 Å². The van der Waals surface area contributed by atoms with Gasteiger partial charge in [-0.1, -0.05) is 5.16 Å². The van der Waals surface area contributed by atoms with E-state index in [4.69, 9.17) is 4.52 Å². The maximum absolute atomic E-state index is 12.4. The molecule has 1 aliphatic rings. The summed E-state index contributed by atoms with van der Waals surface area (Å²) in [4.78, 5) is 22.8. The third-order valence-corrected chi connectivity index (χ3v) is 4.84. The van der Waals surface area contributed by atoms with E-state index in [2.05, 4.69) is 25.3 Å². The first-order valence-electron chi connectivity index (χ1n) is 9.14. The standard InChI is InChI=1S/C18H21N7O2/c26-17(24-9-6-15(7-10-24)25-12-20-21-13-25)5-1-4-16-22-18(23-27-16)14-3-2-8-19-11-14/h2-3,8,11-13,15H,1,4-7,9-10H2. The summed E-state index contributed by atoms with van der Waals surface area (Å²) in [5, 5.41) is 11.7. The van der Waals surface area contributed by atoms with Crippen LogP contribution in [0.3, 0.4) is 0 Å². The second kappa shape index (κ2) is 8.07. The molecule has 4 rings (SSSR count). The van der Waals surface area contributed by atoms with Crippen molar-refractivity contribution in [2.75, 3.05) is 13.1 Å². The zero-order chi connectivity index (χ0) is 18.5. The number of carbonyl (C=O) groups excluding carboxylic acids is 1. The molecule has 1 aliphatic heterocycles. The highest BCUT2D eigenvalue weighted by atomic mass is 16.5. The average Bonchev–Trinajstić information content (AvgIpc) is 3.41. The molecule has 1 amide bonds. The van der Waals surface area contributed by atoms with E-state index >= 15 is 0 Å². The van der Waals surface area contributed by atoms with Crippen LogP contribution in [0.1, 0.15) is 37.6 Å². The van der Waals surface area contributed by atoms with Crippen LogP contribution < -0.4 is 0 Å². The predicted octanol–water partition coefficient (Wildman–Crippen LogP) is 1.91. The van der Waals surface area contributed by atoms with Crippen molar-refractivity contribution in [2.24, 2.45) is 0 Å². The summed E-state index contributed by atoms with van der Waals surface area (Å²) < 4.78 is 7.30. The highest BCUT2D eigenvalue weighted by Gasteiger charge is 2.23. The highest BCUT2D eigenvalue weighted by molar-refractivity contribution is 5.76. The molecule has 3 aromatic rings. The number of aromatic nitrogens is 6. The Morgan fingerprint density at radius 3 is 2.78 bits per heavy atom. The van der Waals surface area contributed by atoms with Crippen LogP contribution in [0.4, 0.5) is 0 Å². The van der Waals surface area contributed by atoms with Crippen LogP contribution in [-0.4, -0.2) is 53.8 Å². The molecule has 4 heterocycles. The number of amides is 1. The predicted molar refractivity (Wildman–Crippen MR) is 95.3 cm³/mol. The lowest BCUT2D eigenvalue weighted by Crippen LogP contribution is -2.38. The van der Waals surface area contributed by atoms with Crippen molar-refractivity contribution in [1.29, 1.82) is 0 Å². The molecule has 0 aromatic carbocycles. The van der Waals surface area contributed by atoms with Crippen molar-refractivity contribution in [3.05, 3.63) is 43.1 Å². The molecule has 9 heteroatoms. The van der Waals surface area contributed by atoms with E-state index in [1.54, 1.807) is 25.0 Å². The Bertz CT molecular complexity index is 855. The van der Waals surface area contributed by atoms with Crippen LogP contribution in [0, 0.1) is 0 Å². The minimum absolute atomic E-state index is 0.184. The van der Waals surface area contributed by atoms with Gasteiger partial charge in [0.2, 0.25) is 17.6 Å². The molecule has 0 radical (unpaired) electrons. The van der Waals surface area contributed by atoms with Crippen molar-refractivity contribution < 1.29 is 9.32 Å². The van der Waals surface area contributed by atoms with Gasteiger partial charge in [0, 0.05) is 49.9 Å². The molecule has 1 fully saturated rings. The Labute approximate surface area is 156 Å². The summed E-state index contributed by atoms with van der Waals surface area (Å²) in [6.07, 6.45) is 10.5. The van der Waals surface area contributed by atoms with E-state index in [1.165, 1.54) is 0 Å². The molecule has 0 unspecified atom stereocenters. The molecular formula is C18H21N7O2. The fourth-order valence-corrected chi connectivity index (χ4v) is 3.33. The molecule has 0 saturated carbocycles. The second-order valence-electron chi connectivity index (χ2n) is 6.63. The Kier molecular flexibility index (Phi) is 5.17. The maximum atomic E-state index is 12.4. The van der Waals surface area contributed by atoms with Crippen molar-refractivity contribution in [3.63, 3.8) is 0 Å². The maximum Gasteiger partial charge on any atom is 0.226 e. The quantitative estimate of drug-likeness (QED) is 0.655. The molecule has 0 bridgehead atoms. The van der Waals surface area contributed by atoms with Crippen LogP contribution in [0.25, 0.3) is 11.4 Å². The molecular weight excluding hydrogens is 346 g/mol. The summed E-state index contributed by atoms with van der Waals surface area (Å²) in [6.45, 7) is 1.54. The van der Waals surface area contributed by atoms with E-state index in [9.17, 15) is 4.79 Å². The summed E-state index contributed by atoms with van der Waals surface area (Å²) >= 11 is 0. The smallest absolute Gasteiger partial charge is 0.226 e. The van der Waals surface area contributed by atoms with Crippen molar-refractivity contribution in [3.8, 4) is 11.4 Å². The van der Waals surface area contributed by atoms with Crippen molar-refractivity contribution in [2.45, 2.75) is 38.1 Å². The zero-order valence-corrected chi connectivity index (χ0v) is 14.9. The Balaban J connectivity index is 1.22. The van der Waals surface area contributed by atoms with Gasteiger partial charge in [-0.25, -0.2) is 0 Å². The summed E-state index contributed by atoms with van der Waals surface area (Å²) in [5.41, 5.74) is 0.819. The molecule has 140 valence electrons. The molecule has 0 N–H and O–H groups in total. The number of piperidine rings is 1. The summed E-state index contributed by atoms with van der Waals surface area (Å²) in [5.74, 6) is 1.26. The topological polar surface area (TPSA) is 103 Å². The highest BCUT2D eigenvalue weighted by Crippen LogP contribution is 2.22. The number of likely N-dealkylation sites (tertiary alicyclic amines) is 1. The molecule has 0 atom stereocenters. The first kappa shape index (κ1) is 17.3. The number of nitrogens with zero attached hydrogens (tertiary/aromatic N) is 7. The molecule has 27 heavy (non-hydrogen) atoms. The van der Waals surface area contributed by atoms with Gasteiger partial charge in [-0.05, 0) is 31.4 Å². The number of rotatable bonds is 6. The van der Waals surface area contributed by atoms with Gasteiger partial charge in [0.1, 0.15) is 12.7 Å². The van der Waals surface area contributed by atoms with Crippen LogP contribution in [0.2, 0.25) is 0 Å². The zero-order valence-electron chi connectivity index (χ0n) is 14.9. The van der Waals surface area contributed by atoms with Gasteiger partial charge >= 0.3 is 0 Å². The average molecular weight is 367 g/mol. The molecule has 0 spiro atoms. The Morgan fingerprint density at radius 1 is 1.22 bits per heavy atom. The van der Waals surface area contributed by atoms with Gasteiger partial charge in [-0.2, -0.15) is 4.98 Å². The number of pyridine rings is 1. The lowest BCUT2D eigenvalue weighted by atomic mass is 10.0. The monoisotopic (exact) mass is 367 g/mol. The lowest BCUT2D eigenvalue weighted by Gasteiger charge is -2.32. The Hall–Kier alpha value is -3.10. The molecule has 9 nitrogen and oxygen atoms in total. The third-order valence-electron chi connectivity index (χ3n) is 4.84. The number of hydrogen-bond acceptors (Lipinski definition) is 7. The van der Waals surface area contributed by atoms with E-state index in [-0.39, 0.29) is 5.91 Å². The Morgan fingerprint density at radius 2 is 2.04 bits per heavy atom. The van der Waals surface area contributed by atoms with Crippen molar-refractivity contribution in [1.82, 2.24) is 34.8 Å². The minimum Gasteiger partial charge on any atom is -0.343 e. The number of aryl methyl sites for hydroxylation is 1. The second-order valence-corrected chi connectivity index (χ2v) is 6.63.